The van der Waals surface area contributed by atoms with E-state index in [-0.39, 0.29) is 24.6 Å². The molecule has 1 fully saturated rings. The monoisotopic (exact) mass is 367 g/mol. The van der Waals surface area contributed by atoms with Gasteiger partial charge in [-0.25, -0.2) is 4.79 Å². The molecule has 0 aromatic carbocycles. The van der Waals surface area contributed by atoms with E-state index in [4.69, 9.17) is 4.52 Å². The van der Waals surface area contributed by atoms with Gasteiger partial charge in [-0.15, -0.1) is 0 Å². The largest absolute Gasteiger partial charge is 0.396 e. The van der Waals surface area contributed by atoms with Gasteiger partial charge in [-0.05, 0) is 12.3 Å². The number of rotatable bonds is 8. The van der Waals surface area contributed by atoms with E-state index < -0.39 is 0 Å². The highest BCUT2D eigenvalue weighted by molar-refractivity contribution is 5.74. The van der Waals surface area contributed by atoms with E-state index in [1.807, 2.05) is 18.7 Å². The lowest BCUT2D eigenvalue weighted by atomic mass is 10.1. The van der Waals surface area contributed by atoms with Crippen LogP contribution in [-0.2, 0) is 6.42 Å². The molecule has 0 aliphatic carbocycles. The molecule has 8 heteroatoms. The highest BCUT2D eigenvalue weighted by Crippen LogP contribution is 2.15. The van der Waals surface area contributed by atoms with Gasteiger partial charge in [-0.1, -0.05) is 32.9 Å². The Hall–Kier alpha value is -1.67. The normalized spacial score (nSPS) is 18.7. The molecule has 0 saturated carbocycles. The lowest BCUT2D eigenvalue weighted by Crippen LogP contribution is -2.57. The number of carbonyl (C=O) groups is 1. The summed E-state index contributed by atoms with van der Waals surface area (Å²) < 4.78 is 5.17. The predicted octanol–water partition coefficient (Wildman–Crippen LogP) is 1.47. The molecule has 0 radical (unpaired) electrons. The Bertz CT molecular complexity index is 561. The molecular formula is C18H33N5O3. The molecule has 2 rings (SSSR count). The molecule has 2 N–H and O–H groups in total. The van der Waals surface area contributed by atoms with Gasteiger partial charge in [0.05, 0.1) is 0 Å². The molecule has 1 atom stereocenters. The van der Waals surface area contributed by atoms with Gasteiger partial charge in [-0.3, -0.25) is 4.90 Å². The third-order valence-electron chi connectivity index (χ3n) is 4.56. The van der Waals surface area contributed by atoms with Gasteiger partial charge in [0.15, 0.2) is 5.82 Å². The van der Waals surface area contributed by atoms with Crippen LogP contribution in [0.2, 0.25) is 0 Å². The second-order valence-corrected chi connectivity index (χ2v) is 7.69. The van der Waals surface area contributed by atoms with Crippen LogP contribution in [0.4, 0.5) is 4.79 Å². The van der Waals surface area contributed by atoms with Gasteiger partial charge < -0.3 is 19.8 Å². The lowest BCUT2D eigenvalue weighted by molar-refractivity contribution is 0.0656. The van der Waals surface area contributed by atoms with E-state index in [0.29, 0.717) is 50.1 Å². The summed E-state index contributed by atoms with van der Waals surface area (Å²) >= 11 is 0. The number of amides is 2. The summed E-state index contributed by atoms with van der Waals surface area (Å²) in [5, 5.41) is 16.2. The second-order valence-electron chi connectivity index (χ2n) is 7.69. The van der Waals surface area contributed by atoms with Crippen LogP contribution in [-0.4, -0.2) is 76.5 Å². The molecule has 1 aromatic heterocycles. The Kier molecular flexibility index (Phi) is 7.84. The van der Waals surface area contributed by atoms with Crippen molar-refractivity contribution < 1.29 is 14.4 Å². The van der Waals surface area contributed by atoms with Crippen molar-refractivity contribution in [3.05, 3.63) is 11.7 Å². The number of aromatic nitrogens is 2. The van der Waals surface area contributed by atoms with Gasteiger partial charge >= 0.3 is 6.03 Å². The summed E-state index contributed by atoms with van der Waals surface area (Å²) in [5.74, 6) is 2.02. The Balaban J connectivity index is 1.79. The summed E-state index contributed by atoms with van der Waals surface area (Å²) in [6.45, 7) is 12.2. The highest BCUT2D eigenvalue weighted by Gasteiger charge is 2.29. The lowest BCUT2D eigenvalue weighted by Gasteiger charge is -2.42. The van der Waals surface area contributed by atoms with Crippen molar-refractivity contribution in [3.8, 4) is 0 Å². The minimum absolute atomic E-state index is 0.0651. The van der Waals surface area contributed by atoms with Crippen LogP contribution in [0.3, 0.4) is 0 Å². The van der Waals surface area contributed by atoms with E-state index in [1.165, 1.54) is 0 Å². The van der Waals surface area contributed by atoms with Crippen molar-refractivity contribution in [3.63, 3.8) is 0 Å². The first kappa shape index (κ1) is 20.6. The number of aliphatic hydroxyl groups is 1. The molecule has 1 saturated heterocycles. The molecule has 1 aromatic rings. The number of piperazine rings is 1. The maximum atomic E-state index is 12.4. The summed E-state index contributed by atoms with van der Waals surface area (Å²) in [6, 6.07) is 0.150. The van der Waals surface area contributed by atoms with Crippen LogP contribution < -0.4 is 5.32 Å². The fourth-order valence-corrected chi connectivity index (χ4v) is 3.21. The fraction of sp³-hybridized carbons (Fsp3) is 0.833. The molecule has 2 amide bonds. The standard InChI is InChI=1S/C18H33N5O3/c1-13(2)11-22-8-9-23(12-15(22)6-10-24)18(25)19-7-5-16-20-17(14(3)4)26-21-16/h13-15,24H,5-12H2,1-4H3,(H,19,25). The van der Waals surface area contributed by atoms with E-state index in [9.17, 15) is 9.90 Å². The van der Waals surface area contributed by atoms with Crippen LogP contribution in [0.25, 0.3) is 0 Å². The first-order valence-corrected chi connectivity index (χ1v) is 9.60. The summed E-state index contributed by atoms with van der Waals surface area (Å²) in [4.78, 5) is 21.0. The van der Waals surface area contributed by atoms with Crippen molar-refractivity contribution in [1.82, 2.24) is 25.3 Å². The van der Waals surface area contributed by atoms with Crippen molar-refractivity contribution in [1.29, 1.82) is 0 Å². The van der Waals surface area contributed by atoms with Gasteiger partial charge in [0.2, 0.25) is 5.89 Å². The molecule has 1 aliphatic heterocycles. The Morgan fingerprint density at radius 3 is 2.73 bits per heavy atom. The predicted molar refractivity (Wildman–Crippen MR) is 99.0 cm³/mol. The molecular weight excluding hydrogens is 334 g/mol. The fourth-order valence-electron chi connectivity index (χ4n) is 3.21. The Labute approximate surface area is 155 Å². The molecule has 8 nitrogen and oxygen atoms in total. The first-order valence-electron chi connectivity index (χ1n) is 9.60. The molecule has 2 heterocycles. The SMILES string of the molecule is CC(C)CN1CCN(C(=O)NCCc2noc(C(C)C)n2)CC1CCO. The highest BCUT2D eigenvalue weighted by atomic mass is 16.5. The summed E-state index contributed by atoms with van der Waals surface area (Å²) in [7, 11) is 0. The zero-order valence-corrected chi connectivity index (χ0v) is 16.4. The average Bonchev–Trinajstić information content (AvgIpc) is 3.05. The van der Waals surface area contributed by atoms with Gasteiger partial charge in [0, 0.05) is 57.7 Å². The molecule has 0 spiro atoms. The molecule has 1 unspecified atom stereocenters. The average molecular weight is 367 g/mol. The second kappa shape index (κ2) is 9.87. The van der Waals surface area contributed by atoms with Crippen LogP contribution in [0.1, 0.15) is 51.7 Å². The van der Waals surface area contributed by atoms with Gasteiger partial charge in [0.1, 0.15) is 0 Å². The molecule has 26 heavy (non-hydrogen) atoms. The maximum Gasteiger partial charge on any atom is 0.317 e. The number of hydrogen-bond acceptors (Lipinski definition) is 6. The number of hydrogen-bond donors (Lipinski definition) is 2. The smallest absolute Gasteiger partial charge is 0.317 e. The maximum absolute atomic E-state index is 12.4. The minimum Gasteiger partial charge on any atom is -0.396 e. The van der Waals surface area contributed by atoms with Crippen molar-refractivity contribution in [2.45, 2.75) is 52.5 Å². The quantitative estimate of drug-likeness (QED) is 0.722. The van der Waals surface area contributed by atoms with Crippen molar-refractivity contribution in [2.75, 3.05) is 39.3 Å². The summed E-state index contributed by atoms with van der Waals surface area (Å²) in [5.41, 5.74) is 0. The van der Waals surface area contributed by atoms with E-state index in [0.717, 1.165) is 13.1 Å². The van der Waals surface area contributed by atoms with E-state index in [2.05, 4.69) is 34.2 Å². The number of carbonyl (C=O) groups excluding carboxylic acids is 1. The topological polar surface area (TPSA) is 94.7 Å². The van der Waals surface area contributed by atoms with Crippen molar-refractivity contribution >= 4 is 6.03 Å². The zero-order valence-electron chi connectivity index (χ0n) is 16.4. The molecule has 148 valence electrons. The molecule has 1 aliphatic rings. The zero-order chi connectivity index (χ0) is 19.1. The van der Waals surface area contributed by atoms with E-state index >= 15 is 0 Å². The number of nitrogens with zero attached hydrogens (tertiary/aromatic N) is 4. The van der Waals surface area contributed by atoms with Crippen molar-refractivity contribution in [2.24, 2.45) is 5.92 Å². The van der Waals surface area contributed by atoms with E-state index in [1.54, 1.807) is 0 Å². The van der Waals surface area contributed by atoms with Crippen LogP contribution in [0.15, 0.2) is 4.52 Å². The third-order valence-corrected chi connectivity index (χ3v) is 4.56. The van der Waals surface area contributed by atoms with Crippen LogP contribution in [0, 0.1) is 5.92 Å². The van der Waals surface area contributed by atoms with Gasteiger partial charge in [-0.2, -0.15) is 4.98 Å². The number of aliphatic hydroxyl groups excluding tert-OH is 1. The van der Waals surface area contributed by atoms with Crippen LogP contribution in [0.5, 0.6) is 0 Å². The van der Waals surface area contributed by atoms with Crippen LogP contribution >= 0.6 is 0 Å². The third kappa shape index (κ3) is 5.95. The molecule has 0 bridgehead atoms. The first-order chi connectivity index (χ1) is 12.4. The summed E-state index contributed by atoms with van der Waals surface area (Å²) in [6.07, 6.45) is 1.24. The Morgan fingerprint density at radius 2 is 2.12 bits per heavy atom. The van der Waals surface area contributed by atoms with Gasteiger partial charge in [0.25, 0.3) is 0 Å². The number of nitrogens with one attached hydrogen (secondary N) is 1. The number of urea groups is 1. The Morgan fingerprint density at radius 1 is 1.35 bits per heavy atom. The minimum atomic E-state index is -0.0651.